The normalized spacial score (nSPS) is 11.0. The Morgan fingerprint density at radius 3 is 2.38 bits per heavy atom. The molecule has 0 aliphatic rings. The van der Waals surface area contributed by atoms with Crippen molar-refractivity contribution in [3.63, 3.8) is 0 Å². The van der Waals surface area contributed by atoms with E-state index in [1.807, 2.05) is 0 Å². The van der Waals surface area contributed by atoms with Crippen LogP contribution in [0.25, 0.3) is 0 Å². The lowest BCUT2D eigenvalue weighted by Gasteiger charge is -1.87. The maximum Gasteiger partial charge on any atom is 0.334 e. The first-order chi connectivity index (χ1) is 3.68. The second-order valence-electron chi connectivity index (χ2n) is 1.21. The van der Waals surface area contributed by atoms with Crippen molar-refractivity contribution in [2.75, 3.05) is 0 Å². The Kier molecular flexibility index (Phi) is 2.64. The van der Waals surface area contributed by atoms with Crippen LogP contribution in [-0.4, -0.2) is 16.3 Å². The van der Waals surface area contributed by atoms with Crippen molar-refractivity contribution in [1.82, 2.24) is 0 Å². The van der Waals surface area contributed by atoms with Gasteiger partial charge >= 0.3 is 5.97 Å². The van der Waals surface area contributed by atoms with Gasteiger partial charge in [0.25, 0.3) is 0 Å². The molecule has 46 valence electrons. The minimum Gasteiger partial charge on any atom is -0.478 e. The van der Waals surface area contributed by atoms with Crippen molar-refractivity contribution in [3.8, 4) is 0 Å². The summed E-state index contributed by atoms with van der Waals surface area (Å²) >= 11 is 0. The van der Waals surface area contributed by atoms with Crippen molar-refractivity contribution in [3.05, 3.63) is 11.8 Å². The van der Waals surface area contributed by atoms with E-state index in [9.17, 15) is 4.79 Å². The highest BCUT2D eigenvalue weighted by Crippen LogP contribution is 1.89. The smallest absolute Gasteiger partial charge is 0.334 e. The second-order valence-corrected chi connectivity index (χ2v) is 1.21. The molecule has 2 N–H and O–H groups in total. The van der Waals surface area contributed by atoms with Crippen molar-refractivity contribution in [1.29, 1.82) is 0 Å². The zero-order valence-electron chi connectivity index (χ0n) is 4.29. The van der Waals surface area contributed by atoms with Gasteiger partial charge in [0.1, 0.15) is 6.26 Å². The molecule has 0 heterocycles. The average Bonchev–Trinajstić information content (AvgIpc) is 1.67. The molecule has 8 heavy (non-hydrogen) atoms. The molecule has 0 spiro atoms. The Morgan fingerprint density at radius 1 is 1.75 bits per heavy atom. The van der Waals surface area contributed by atoms with Crippen LogP contribution in [0.2, 0.25) is 0 Å². The Balaban J connectivity index is 3.80. The summed E-state index contributed by atoms with van der Waals surface area (Å²) in [5.74, 6) is -1.11. The van der Waals surface area contributed by atoms with Crippen LogP contribution in [0.5, 0.6) is 0 Å². The molecule has 0 aromatic heterocycles. The van der Waals surface area contributed by atoms with Crippen LogP contribution in [-0.2, 0) is 9.68 Å². The number of carbonyl (C=O) groups is 1. The lowest BCUT2D eigenvalue weighted by atomic mass is 10.4. The van der Waals surface area contributed by atoms with Gasteiger partial charge in [-0.1, -0.05) is 0 Å². The third-order valence-corrected chi connectivity index (χ3v) is 0.567. The Hall–Kier alpha value is -1.03. The van der Waals surface area contributed by atoms with E-state index in [2.05, 4.69) is 4.89 Å². The second kappa shape index (κ2) is 3.04. The fourth-order valence-corrected chi connectivity index (χ4v) is 0.129. The SMILES string of the molecule is CC(=COO)C(=O)O. The predicted molar refractivity (Wildman–Crippen MR) is 25.1 cm³/mol. The number of carboxylic acids is 1. The van der Waals surface area contributed by atoms with Gasteiger partial charge in [0.15, 0.2) is 0 Å². The quantitative estimate of drug-likeness (QED) is 0.239. The van der Waals surface area contributed by atoms with Gasteiger partial charge < -0.3 is 9.99 Å². The molecular formula is C4H6O4. The molecule has 0 rings (SSSR count). The van der Waals surface area contributed by atoms with Crippen LogP contribution < -0.4 is 0 Å². The molecule has 0 aliphatic carbocycles. The summed E-state index contributed by atoms with van der Waals surface area (Å²) in [6.07, 6.45) is 0.738. The molecule has 0 aliphatic heterocycles. The van der Waals surface area contributed by atoms with Gasteiger partial charge in [0.2, 0.25) is 0 Å². The molecule has 0 atom stereocenters. The summed E-state index contributed by atoms with van der Waals surface area (Å²) in [7, 11) is 0. The Morgan fingerprint density at radius 2 is 2.25 bits per heavy atom. The molecule has 0 unspecified atom stereocenters. The van der Waals surface area contributed by atoms with Gasteiger partial charge in [-0.25, -0.2) is 10.1 Å². The highest BCUT2D eigenvalue weighted by atomic mass is 17.1. The van der Waals surface area contributed by atoms with Crippen LogP contribution in [0.4, 0.5) is 0 Å². The van der Waals surface area contributed by atoms with Crippen LogP contribution in [0.1, 0.15) is 6.92 Å². The summed E-state index contributed by atoms with van der Waals surface area (Å²) in [6, 6.07) is 0. The minimum absolute atomic E-state index is 0.0486. The monoisotopic (exact) mass is 118 g/mol. The predicted octanol–water partition coefficient (Wildman–Crippen LogP) is 0.464. The fraction of sp³-hybridized carbons (Fsp3) is 0.250. The van der Waals surface area contributed by atoms with Gasteiger partial charge in [0.05, 0.1) is 5.57 Å². The third kappa shape index (κ3) is 2.20. The van der Waals surface area contributed by atoms with Crippen molar-refractivity contribution in [2.24, 2.45) is 0 Å². The molecule has 0 bridgehead atoms. The maximum absolute atomic E-state index is 9.83. The van der Waals surface area contributed by atoms with Crippen molar-refractivity contribution in [2.45, 2.75) is 6.92 Å². The van der Waals surface area contributed by atoms with Crippen LogP contribution >= 0.6 is 0 Å². The lowest BCUT2D eigenvalue weighted by molar-refractivity contribution is -0.188. The fourth-order valence-electron chi connectivity index (χ4n) is 0.129. The highest BCUT2D eigenvalue weighted by Gasteiger charge is 1.97. The molecule has 0 radical (unpaired) electrons. The van der Waals surface area contributed by atoms with Crippen molar-refractivity contribution < 1.29 is 20.0 Å². The van der Waals surface area contributed by atoms with E-state index in [0.717, 1.165) is 6.26 Å². The maximum atomic E-state index is 9.83. The van der Waals surface area contributed by atoms with E-state index >= 15 is 0 Å². The summed E-state index contributed by atoms with van der Waals surface area (Å²) < 4.78 is 0. The number of hydrogen-bond donors (Lipinski definition) is 2. The highest BCUT2D eigenvalue weighted by molar-refractivity contribution is 5.85. The summed E-state index contributed by atoms with van der Waals surface area (Å²) in [6.45, 7) is 1.30. The summed E-state index contributed by atoms with van der Waals surface area (Å²) in [5, 5.41) is 15.7. The van der Waals surface area contributed by atoms with Crippen molar-refractivity contribution >= 4 is 5.97 Å². The minimum atomic E-state index is -1.11. The zero-order valence-corrected chi connectivity index (χ0v) is 4.29. The van der Waals surface area contributed by atoms with E-state index < -0.39 is 5.97 Å². The number of aliphatic carboxylic acids is 1. The van der Waals surface area contributed by atoms with E-state index in [4.69, 9.17) is 10.4 Å². The Bertz CT molecular complexity index is 115. The molecule has 0 aromatic rings. The van der Waals surface area contributed by atoms with E-state index in [1.54, 1.807) is 0 Å². The van der Waals surface area contributed by atoms with E-state index in [-0.39, 0.29) is 5.57 Å². The lowest BCUT2D eigenvalue weighted by Crippen LogP contribution is -1.95. The van der Waals surface area contributed by atoms with Gasteiger partial charge in [0, 0.05) is 0 Å². The van der Waals surface area contributed by atoms with Gasteiger partial charge in [-0.3, -0.25) is 0 Å². The van der Waals surface area contributed by atoms with E-state index in [0.29, 0.717) is 0 Å². The molecular weight excluding hydrogens is 112 g/mol. The number of carboxylic acid groups (broad SMARTS) is 1. The molecule has 0 saturated heterocycles. The number of hydrogen-bond acceptors (Lipinski definition) is 3. The average molecular weight is 118 g/mol. The largest absolute Gasteiger partial charge is 0.478 e. The van der Waals surface area contributed by atoms with Crippen LogP contribution in [0, 0.1) is 0 Å². The first-order valence-electron chi connectivity index (χ1n) is 1.88. The van der Waals surface area contributed by atoms with Gasteiger partial charge in [-0.2, -0.15) is 0 Å². The molecule has 0 saturated carbocycles. The molecule has 4 heteroatoms. The van der Waals surface area contributed by atoms with Gasteiger partial charge in [-0.15, -0.1) is 0 Å². The molecule has 0 fully saturated rings. The standard InChI is InChI=1S/C4H6O4/c1-3(2-8-7)4(5)6/h2,7H,1H3,(H,5,6). The Labute approximate surface area is 45.9 Å². The van der Waals surface area contributed by atoms with Crippen LogP contribution in [0.15, 0.2) is 11.8 Å². The zero-order chi connectivity index (χ0) is 6.57. The molecule has 0 aromatic carbocycles. The van der Waals surface area contributed by atoms with Crippen LogP contribution in [0.3, 0.4) is 0 Å². The first-order valence-corrected chi connectivity index (χ1v) is 1.88. The topological polar surface area (TPSA) is 66.8 Å². The van der Waals surface area contributed by atoms with E-state index in [1.165, 1.54) is 6.92 Å². The molecule has 0 amide bonds. The summed E-state index contributed by atoms with van der Waals surface area (Å²) in [5.41, 5.74) is -0.0486. The van der Waals surface area contributed by atoms with Gasteiger partial charge in [-0.05, 0) is 6.92 Å². The molecule has 4 nitrogen and oxygen atoms in total. The summed E-state index contributed by atoms with van der Waals surface area (Å²) in [4.78, 5) is 13.3. The number of rotatable bonds is 2. The third-order valence-electron chi connectivity index (χ3n) is 0.567. The first kappa shape index (κ1) is 6.97.